The first-order chi connectivity index (χ1) is 8.73. The maximum Gasteiger partial charge on any atom is 0.238 e. The van der Waals surface area contributed by atoms with Gasteiger partial charge in [-0.15, -0.1) is 0 Å². The quantitative estimate of drug-likeness (QED) is 0.716. The lowest BCUT2D eigenvalue weighted by atomic mass is 10.1. The van der Waals surface area contributed by atoms with E-state index < -0.39 is 0 Å². The van der Waals surface area contributed by atoms with Gasteiger partial charge in [0.15, 0.2) is 5.57 Å². The van der Waals surface area contributed by atoms with Crippen LogP contribution in [0, 0.1) is 0 Å². The van der Waals surface area contributed by atoms with Crippen LogP contribution in [-0.2, 0) is 23.7 Å². The fourth-order valence-electron chi connectivity index (χ4n) is 1.49. The molecule has 100 valence electrons. The lowest BCUT2D eigenvalue weighted by molar-refractivity contribution is 0.132. The van der Waals surface area contributed by atoms with E-state index in [4.69, 9.17) is 18.9 Å². The van der Waals surface area contributed by atoms with E-state index in [1.807, 2.05) is 0 Å². The van der Waals surface area contributed by atoms with Crippen molar-refractivity contribution < 1.29 is 23.7 Å². The summed E-state index contributed by atoms with van der Waals surface area (Å²) < 4.78 is 21.0. The molecule has 6 nitrogen and oxygen atoms in total. The molecular weight excluding hydrogens is 238 g/mol. The standard InChI is InChI=1S/C12H17NO5/c1-5-17-9-8(7-14)10(18-6-2)12(16-4)13-11(9)15-3/h13H,5-6H2,1-4H3. The molecule has 0 aromatic carbocycles. The molecule has 1 N–H and O–H groups in total. The second-order valence-corrected chi connectivity index (χ2v) is 3.19. The van der Waals surface area contributed by atoms with E-state index in [1.54, 1.807) is 19.8 Å². The first-order valence-corrected chi connectivity index (χ1v) is 5.58. The minimum absolute atomic E-state index is 0.145. The van der Waals surface area contributed by atoms with Crippen molar-refractivity contribution in [3.63, 3.8) is 0 Å². The molecule has 0 saturated heterocycles. The SMILES string of the molecule is CCOC1=C(OC)NC(OC)=C(OCC)C1=C=O. The summed E-state index contributed by atoms with van der Waals surface area (Å²) in [5, 5.41) is 2.85. The molecule has 18 heavy (non-hydrogen) atoms. The van der Waals surface area contributed by atoms with Crippen molar-refractivity contribution in [3.05, 3.63) is 28.9 Å². The smallest absolute Gasteiger partial charge is 0.238 e. The Morgan fingerprint density at radius 3 is 1.72 bits per heavy atom. The zero-order valence-corrected chi connectivity index (χ0v) is 11.0. The number of nitrogens with one attached hydrogen (secondary N) is 1. The van der Waals surface area contributed by atoms with Crippen molar-refractivity contribution in [3.8, 4) is 0 Å². The molecule has 0 amide bonds. The summed E-state index contributed by atoms with van der Waals surface area (Å²) in [6.45, 7) is 4.38. The molecule has 0 aliphatic carbocycles. The summed E-state index contributed by atoms with van der Waals surface area (Å²) in [6.07, 6.45) is 0. The molecule has 0 atom stereocenters. The Hall–Kier alpha value is -2.07. The molecule has 1 aliphatic rings. The highest BCUT2D eigenvalue weighted by atomic mass is 16.5. The third-order valence-electron chi connectivity index (χ3n) is 2.18. The first-order valence-electron chi connectivity index (χ1n) is 5.58. The van der Waals surface area contributed by atoms with E-state index in [1.165, 1.54) is 14.2 Å². The fourth-order valence-corrected chi connectivity index (χ4v) is 1.49. The summed E-state index contributed by atoms with van der Waals surface area (Å²) in [6, 6.07) is 0. The highest BCUT2D eigenvalue weighted by Crippen LogP contribution is 2.29. The molecule has 0 spiro atoms. The third-order valence-corrected chi connectivity index (χ3v) is 2.18. The summed E-state index contributed by atoms with van der Waals surface area (Å²) in [5.74, 6) is 2.90. The average molecular weight is 255 g/mol. The van der Waals surface area contributed by atoms with Gasteiger partial charge in [-0.25, -0.2) is 4.79 Å². The van der Waals surface area contributed by atoms with Crippen molar-refractivity contribution >= 4 is 5.94 Å². The molecule has 0 saturated carbocycles. The Bertz CT molecular complexity index is 386. The Labute approximate surface area is 106 Å². The van der Waals surface area contributed by atoms with E-state index in [-0.39, 0.29) is 28.9 Å². The second kappa shape index (κ2) is 6.61. The molecule has 1 rings (SSSR count). The van der Waals surface area contributed by atoms with Crippen LogP contribution < -0.4 is 5.32 Å². The van der Waals surface area contributed by atoms with Crippen LogP contribution >= 0.6 is 0 Å². The van der Waals surface area contributed by atoms with Gasteiger partial charge >= 0.3 is 0 Å². The van der Waals surface area contributed by atoms with Gasteiger partial charge in [-0.1, -0.05) is 0 Å². The van der Waals surface area contributed by atoms with Crippen LogP contribution in [0.25, 0.3) is 0 Å². The molecule has 1 heterocycles. The fraction of sp³-hybridized carbons (Fsp3) is 0.500. The van der Waals surface area contributed by atoms with Crippen molar-refractivity contribution in [2.75, 3.05) is 27.4 Å². The molecule has 6 heteroatoms. The molecule has 0 unspecified atom stereocenters. The highest BCUT2D eigenvalue weighted by molar-refractivity contribution is 5.68. The van der Waals surface area contributed by atoms with Gasteiger partial charge < -0.3 is 18.9 Å². The summed E-state index contributed by atoms with van der Waals surface area (Å²) in [7, 11) is 2.92. The molecule has 0 fully saturated rings. The predicted molar refractivity (Wildman–Crippen MR) is 63.7 cm³/mol. The van der Waals surface area contributed by atoms with Crippen molar-refractivity contribution in [2.45, 2.75) is 13.8 Å². The largest absolute Gasteiger partial charge is 0.487 e. The van der Waals surface area contributed by atoms with Crippen LogP contribution in [0.3, 0.4) is 0 Å². The molecular formula is C12H17NO5. The number of methoxy groups -OCH3 is 2. The van der Waals surface area contributed by atoms with Crippen molar-refractivity contribution in [1.82, 2.24) is 5.32 Å². The van der Waals surface area contributed by atoms with Crippen LogP contribution in [0.4, 0.5) is 0 Å². The summed E-state index contributed by atoms with van der Waals surface area (Å²) >= 11 is 0. The molecule has 0 radical (unpaired) electrons. The van der Waals surface area contributed by atoms with Gasteiger partial charge in [0.25, 0.3) is 0 Å². The second-order valence-electron chi connectivity index (χ2n) is 3.19. The predicted octanol–water partition coefficient (Wildman–Crippen LogP) is 1.05. The zero-order chi connectivity index (χ0) is 13.5. The van der Waals surface area contributed by atoms with Gasteiger partial charge in [0.1, 0.15) is 5.94 Å². The summed E-state index contributed by atoms with van der Waals surface area (Å²) in [4.78, 5) is 11.1. The number of carbonyl (C=O) groups excluding carboxylic acids is 1. The number of hydrogen-bond acceptors (Lipinski definition) is 6. The Kier molecular flexibility index (Phi) is 5.14. The minimum atomic E-state index is 0.145. The van der Waals surface area contributed by atoms with Crippen LogP contribution in [-0.4, -0.2) is 33.4 Å². The lowest BCUT2D eigenvalue weighted by Gasteiger charge is -2.24. The molecule has 1 aliphatic heterocycles. The van der Waals surface area contributed by atoms with Crippen molar-refractivity contribution in [2.24, 2.45) is 0 Å². The van der Waals surface area contributed by atoms with Crippen LogP contribution in [0.15, 0.2) is 28.9 Å². The van der Waals surface area contributed by atoms with Gasteiger partial charge in [0.2, 0.25) is 23.3 Å². The van der Waals surface area contributed by atoms with Gasteiger partial charge in [0.05, 0.1) is 27.4 Å². The Morgan fingerprint density at radius 1 is 1.00 bits per heavy atom. The van der Waals surface area contributed by atoms with Crippen molar-refractivity contribution in [1.29, 1.82) is 0 Å². The number of dihydropyridines is 1. The van der Waals surface area contributed by atoms with E-state index in [0.29, 0.717) is 13.2 Å². The highest BCUT2D eigenvalue weighted by Gasteiger charge is 2.31. The normalized spacial score (nSPS) is 15.0. The minimum Gasteiger partial charge on any atom is -0.487 e. The van der Waals surface area contributed by atoms with Gasteiger partial charge in [-0.3, -0.25) is 5.32 Å². The van der Waals surface area contributed by atoms with Crippen LogP contribution in [0.2, 0.25) is 0 Å². The van der Waals surface area contributed by atoms with E-state index in [2.05, 4.69) is 5.32 Å². The average Bonchev–Trinajstić information content (AvgIpc) is 2.40. The maximum atomic E-state index is 11.1. The topological polar surface area (TPSA) is 66.0 Å². The molecule has 0 aromatic rings. The number of rotatable bonds is 6. The van der Waals surface area contributed by atoms with Crippen LogP contribution in [0.5, 0.6) is 0 Å². The number of hydrogen-bond donors (Lipinski definition) is 1. The van der Waals surface area contributed by atoms with E-state index in [9.17, 15) is 4.79 Å². The van der Waals surface area contributed by atoms with E-state index >= 15 is 0 Å². The monoisotopic (exact) mass is 255 g/mol. The van der Waals surface area contributed by atoms with Gasteiger partial charge in [-0.05, 0) is 13.8 Å². The summed E-state index contributed by atoms with van der Waals surface area (Å²) in [5.41, 5.74) is 0.145. The Balaban J connectivity index is 3.25. The van der Waals surface area contributed by atoms with Gasteiger partial charge in [-0.2, -0.15) is 0 Å². The number of ether oxygens (including phenoxy) is 4. The first kappa shape index (κ1) is 14.0. The lowest BCUT2D eigenvalue weighted by Crippen LogP contribution is -2.27. The maximum absolute atomic E-state index is 11.1. The molecule has 0 aromatic heterocycles. The molecule has 0 bridgehead atoms. The zero-order valence-electron chi connectivity index (χ0n) is 11.0. The Morgan fingerprint density at radius 2 is 1.44 bits per heavy atom. The third kappa shape index (κ3) is 2.60. The van der Waals surface area contributed by atoms with Gasteiger partial charge in [0, 0.05) is 0 Å². The van der Waals surface area contributed by atoms with Crippen LogP contribution in [0.1, 0.15) is 13.8 Å². The van der Waals surface area contributed by atoms with E-state index in [0.717, 1.165) is 0 Å².